The summed E-state index contributed by atoms with van der Waals surface area (Å²) in [6, 6.07) is 12.6. The van der Waals surface area contributed by atoms with Crippen LogP contribution in [0, 0.1) is 13.8 Å². The van der Waals surface area contributed by atoms with E-state index in [1.807, 2.05) is 19.2 Å². The van der Waals surface area contributed by atoms with Gasteiger partial charge in [-0.2, -0.15) is 0 Å². The Kier molecular flexibility index (Phi) is 5.80. The van der Waals surface area contributed by atoms with Crippen molar-refractivity contribution >= 4 is 11.5 Å². The number of aryl methyl sites for hydroxylation is 1. The van der Waals surface area contributed by atoms with Gasteiger partial charge >= 0.3 is 0 Å². The van der Waals surface area contributed by atoms with Crippen molar-refractivity contribution in [2.45, 2.75) is 33.6 Å². The Balaban J connectivity index is 2.39. The lowest BCUT2D eigenvalue weighted by molar-refractivity contribution is 0.414. The van der Waals surface area contributed by atoms with E-state index in [2.05, 4.69) is 50.4 Å². The largest absolute Gasteiger partial charge is 0.497 e. The molecule has 0 aliphatic rings. The van der Waals surface area contributed by atoms with E-state index in [0.29, 0.717) is 0 Å². The monoisotopic (exact) mass is 310 g/mol. The van der Waals surface area contributed by atoms with Gasteiger partial charge in [0.15, 0.2) is 0 Å². The van der Waals surface area contributed by atoms with Gasteiger partial charge < -0.3 is 10.1 Å². The number of ether oxygens (including phenoxy) is 1. The van der Waals surface area contributed by atoms with Crippen LogP contribution in [-0.2, 0) is 6.42 Å². The number of nitrogens with zero attached hydrogens (tertiary/aromatic N) is 1. The van der Waals surface area contributed by atoms with E-state index >= 15 is 0 Å². The molecular formula is C20H26N2O. The molecule has 23 heavy (non-hydrogen) atoms. The lowest BCUT2D eigenvalue weighted by atomic mass is 9.97. The highest BCUT2D eigenvalue weighted by atomic mass is 16.5. The molecule has 2 aromatic rings. The number of rotatable bonds is 5. The molecule has 0 fully saturated rings. The summed E-state index contributed by atoms with van der Waals surface area (Å²) in [6.07, 6.45) is 1.78. The van der Waals surface area contributed by atoms with Crippen molar-refractivity contribution in [3.05, 3.63) is 58.7 Å². The number of hydrogen-bond donors (Lipinski definition) is 1. The highest BCUT2D eigenvalue weighted by Gasteiger charge is 2.08. The molecule has 2 rings (SSSR count). The van der Waals surface area contributed by atoms with E-state index in [4.69, 9.17) is 9.73 Å². The summed E-state index contributed by atoms with van der Waals surface area (Å²) in [5, 5.41) is 3.16. The summed E-state index contributed by atoms with van der Waals surface area (Å²) in [7, 11) is 3.62. The number of methoxy groups -OCH3 is 1. The molecule has 0 heterocycles. The maximum atomic E-state index is 5.32. The maximum Gasteiger partial charge on any atom is 0.119 e. The summed E-state index contributed by atoms with van der Waals surface area (Å²) in [4.78, 5) is 4.77. The molecular weight excluding hydrogens is 284 g/mol. The number of aliphatic imine (C=N–C) groups is 1. The summed E-state index contributed by atoms with van der Waals surface area (Å²) in [5.74, 6) is 1.90. The summed E-state index contributed by atoms with van der Waals surface area (Å²) in [6.45, 7) is 6.38. The van der Waals surface area contributed by atoms with Crippen molar-refractivity contribution in [1.29, 1.82) is 0 Å². The van der Waals surface area contributed by atoms with Gasteiger partial charge in [-0.15, -0.1) is 0 Å². The van der Waals surface area contributed by atoms with Crippen LogP contribution >= 0.6 is 0 Å². The van der Waals surface area contributed by atoms with Gasteiger partial charge in [0, 0.05) is 13.5 Å². The fourth-order valence-corrected chi connectivity index (χ4v) is 2.67. The van der Waals surface area contributed by atoms with Crippen molar-refractivity contribution in [2.24, 2.45) is 4.99 Å². The molecule has 0 aromatic heterocycles. The normalized spacial score (nSPS) is 11.4. The first-order valence-corrected chi connectivity index (χ1v) is 8.05. The molecule has 0 aliphatic carbocycles. The van der Waals surface area contributed by atoms with Gasteiger partial charge in [-0.05, 0) is 60.7 Å². The molecule has 0 aliphatic heterocycles. The Morgan fingerprint density at radius 3 is 2.61 bits per heavy atom. The first-order chi connectivity index (χ1) is 11.1. The summed E-state index contributed by atoms with van der Waals surface area (Å²) < 4.78 is 5.32. The van der Waals surface area contributed by atoms with E-state index < -0.39 is 0 Å². The van der Waals surface area contributed by atoms with Crippen LogP contribution in [0.5, 0.6) is 5.75 Å². The molecule has 0 saturated heterocycles. The van der Waals surface area contributed by atoms with Crippen LogP contribution in [0.15, 0.2) is 41.4 Å². The molecule has 0 saturated carbocycles. The smallest absolute Gasteiger partial charge is 0.119 e. The third-order valence-corrected chi connectivity index (χ3v) is 4.04. The van der Waals surface area contributed by atoms with Crippen molar-refractivity contribution < 1.29 is 4.74 Å². The molecule has 0 spiro atoms. The van der Waals surface area contributed by atoms with Crippen LogP contribution < -0.4 is 10.1 Å². The first-order valence-electron chi connectivity index (χ1n) is 8.05. The van der Waals surface area contributed by atoms with Crippen LogP contribution in [0.1, 0.15) is 35.6 Å². The second-order valence-corrected chi connectivity index (χ2v) is 5.76. The minimum atomic E-state index is 0.883. The fraction of sp³-hybridized carbons (Fsp3) is 0.350. The van der Waals surface area contributed by atoms with E-state index in [-0.39, 0.29) is 0 Å². The lowest BCUT2D eigenvalue weighted by Crippen LogP contribution is -2.16. The first kappa shape index (κ1) is 17.1. The SMILES string of the molecule is CCC(=Nc1cc(C)cc(Cc2cccc(OC)c2)c1C)NC. The zero-order valence-corrected chi connectivity index (χ0v) is 14.7. The van der Waals surface area contributed by atoms with Gasteiger partial charge in [-0.3, -0.25) is 0 Å². The van der Waals surface area contributed by atoms with Gasteiger partial charge in [-0.1, -0.05) is 25.1 Å². The molecule has 3 heteroatoms. The number of benzene rings is 2. The standard InChI is InChI=1S/C20H26N2O/c1-6-20(21-4)22-19-11-14(2)10-17(15(19)3)12-16-8-7-9-18(13-16)23-5/h7-11,13H,6,12H2,1-5H3,(H,21,22). The molecule has 0 radical (unpaired) electrons. The molecule has 0 unspecified atom stereocenters. The van der Waals surface area contributed by atoms with Gasteiger partial charge in [-0.25, -0.2) is 4.99 Å². The van der Waals surface area contributed by atoms with E-state index in [0.717, 1.165) is 30.1 Å². The maximum absolute atomic E-state index is 5.32. The molecule has 2 aromatic carbocycles. The highest BCUT2D eigenvalue weighted by Crippen LogP contribution is 2.27. The van der Waals surface area contributed by atoms with E-state index in [1.165, 1.54) is 22.3 Å². The van der Waals surface area contributed by atoms with Crippen LogP contribution in [0.4, 0.5) is 5.69 Å². The van der Waals surface area contributed by atoms with Gasteiger partial charge in [0.05, 0.1) is 12.8 Å². The minimum absolute atomic E-state index is 0.883. The Morgan fingerprint density at radius 1 is 1.17 bits per heavy atom. The van der Waals surface area contributed by atoms with Crippen molar-refractivity contribution in [2.75, 3.05) is 14.2 Å². The van der Waals surface area contributed by atoms with Gasteiger partial charge in [0.25, 0.3) is 0 Å². The third kappa shape index (κ3) is 4.35. The van der Waals surface area contributed by atoms with Crippen LogP contribution in [0.2, 0.25) is 0 Å². The average molecular weight is 310 g/mol. The number of amidine groups is 1. The van der Waals surface area contributed by atoms with Crippen molar-refractivity contribution in [3.8, 4) is 5.75 Å². The Morgan fingerprint density at radius 2 is 1.96 bits per heavy atom. The van der Waals surface area contributed by atoms with E-state index in [9.17, 15) is 0 Å². The second-order valence-electron chi connectivity index (χ2n) is 5.76. The zero-order chi connectivity index (χ0) is 16.8. The lowest BCUT2D eigenvalue weighted by Gasteiger charge is -2.12. The predicted octanol–water partition coefficient (Wildman–Crippen LogP) is 4.56. The van der Waals surface area contributed by atoms with Crippen molar-refractivity contribution in [1.82, 2.24) is 5.32 Å². The third-order valence-electron chi connectivity index (χ3n) is 4.04. The molecule has 122 valence electrons. The summed E-state index contributed by atoms with van der Waals surface area (Å²) in [5.41, 5.74) is 6.08. The molecule has 1 N–H and O–H groups in total. The predicted molar refractivity (Wildman–Crippen MR) is 98.2 cm³/mol. The molecule has 0 amide bonds. The quantitative estimate of drug-likeness (QED) is 0.648. The highest BCUT2D eigenvalue weighted by molar-refractivity contribution is 5.84. The second kappa shape index (κ2) is 7.82. The van der Waals surface area contributed by atoms with Crippen molar-refractivity contribution in [3.63, 3.8) is 0 Å². The van der Waals surface area contributed by atoms with Crippen LogP contribution in [0.3, 0.4) is 0 Å². The molecule has 0 atom stereocenters. The molecule has 3 nitrogen and oxygen atoms in total. The van der Waals surface area contributed by atoms with Gasteiger partial charge in [0.1, 0.15) is 11.6 Å². The van der Waals surface area contributed by atoms with Gasteiger partial charge in [0.2, 0.25) is 0 Å². The Hall–Kier alpha value is -2.29. The number of nitrogens with one attached hydrogen (secondary N) is 1. The fourth-order valence-electron chi connectivity index (χ4n) is 2.67. The van der Waals surface area contributed by atoms with Crippen LogP contribution in [-0.4, -0.2) is 20.0 Å². The minimum Gasteiger partial charge on any atom is -0.497 e. The van der Waals surface area contributed by atoms with E-state index in [1.54, 1.807) is 7.11 Å². The molecule has 0 bridgehead atoms. The Labute approximate surface area is 139 Å². The zero-order valence-electron chi connectivity index (χ0n) is 14.7. The number of hydrogen-bond acceptors (Lipinski definition) is 2. The van der Waals surface area contributed by atoms with Crippen LogP contribution in [0.25, 0.3) is 0 Å². The topological polar surface area (TPSA) is 33.6 Å². The average Bonchev–Trinajstić information content (AvgIpc) is 2.56. The Bertz CT molecular complexity index is 699. The summed E-state index contributed by atoms with van der Waals surface area (Å²) >= 11 is 0.